The van der Waals surface area contributed by atoms with E-state index in [2.05, 4.69) is 20.8 Å². The van der Waals surface area contributed by atoms with Gasteiger partial charge in [0.2, 0.25) is 0 Å². The molecule has 0 heterocycles. The van der Waals surface area contributed by atoms with Crippen LogP contribution in [0, 0.1) is 0 Å². The molecule has 0 unspecified atom stereocenters. The molecule has 2 N–H and O–H groups in total. The molecule has 0 saturated heterocycles. The Balaban J connectivity index is 2.84. The molecular weight excluding hydrogens is 226 g/mol. The van der Waals surface area contributed by atoms with Gasteiger partial charge in [0, 0.05) is 18.2 Å². The maximum atomic E-state index is 6.00. The van der Waals surface area contributed by atoms with Crippen molar-refractivity contribution >= 4 is 0 Å². The summed E-state index contributed by atoms with van der Waals surface area (Å²) < 4.78 is 11.6. The van der Waals surface area contributed by atoms with Gasteiger partial charge in [-0.1, -0.05) is 26.8 Å². The topological polar surface area (TPSA) is 44.5 Å². The standard InChI is InChI=1S/C15H25NO2/c1-4-9-17-14-8-7-12(11-16)15(10-14)18-13(5-2)6-3/h7-8,10,13H,4-6,9,11,16H2,1-3H3. The van der Waals surface area contributed by atoms with Gasteiger partial charge >= 0.3 is 0 Å². The first-order valence-electron chi connectivity index (χ1n) is 6.87. The zero-order valence-electron chi connectivity index (χ0n) is 11.7. The zero-order valence-corrected chi connectivity index (χ0v) is 11.7. The fourth-order valence-electron chi connectivity index (χ4n) is 1.76. The highest BCUT2D eigenvalue weighted by Crippen LogP contribution is 2.26. The Morgan fingerprint density at radius 1 is 1.17 bits per heavy atom. The summed E-state index contributed by atoms with van der Waals surface area (Å²) in [6, 6.07) is 5.90. The molecule has 0 fully saturated rings. The van der Waals surface area contributed by atoms with Crippen molar-refractivity contribution in [3.63, 3.8) is 0 Å². The average Bonchev–Trinajstić information content (AvgIpc) is 2.42. The summed E-state index contributed by atoms with van der Waals surface area (Å²) in [5, 5.41) is 0. The number of hydrogen-bond acceptors (Lipinski definition) is 3. The van der Waals surface area contributed by atoms with Gasteiger partial charge in [-0.2, -0.15) is 0 Å². The van der Waals surface area contributed by atoms with Crippen LogP contribution in [0.4, 0.5) is 0 Å². The molecule has 1 aromatic carbocycles. The van der Waals surface area contributed by atoms with E-state index < -0.39 is 0 Å². The maximum Gasteiger partial charge on any atom is 0.127 e. The Hall–Kier alpha value is -1.22. The third kappa shape index (κ3) is 4.22. The van der Waals surface area contributed by atoms with Crippen molar-refractivity contribution in [3.05, 3.63) is 23.8 Å². The van der Waals surface area contributed by atoms with Crippen LogP contribution in [0.15, 0.2) is 18.2 Å². The van der Waals surface area contributed by atoms with Crippen molar-refractivity contribution < 1.29 is 9.47 Å². The van der Waals surface area contributed by atoms with Crippen molar-refractivity contribution in [2.24, 2.45) is 5.73 Å². The third-order valence-corrected chi connectivity index (χ3v) is 2.94. The lowest BCUT2D eigenvalue weighted by Crippen LogP contribution is -2.15. The predicted molar refractivity (Wildman–Crippen MR) is 75.1 cm³/mol. The largest absolute Gasteiger partial charge is 0.493 e. The summed E-state index contributed by atoms with van der Waals surface area (Å²) >= 11 is 0. The molecule has 18 heavy (non-hydrogen) atoms. The van der Waals surface area contributed by atoms with E-state index in [1.165, 1.54) is 0 Å². The molecule has 0 aliphatic heterocycles. The lowest BCUT2D eigenvalue weighted by molar-refractivity contribution is 0.190. The molecule has 102 valence electrons. The van der Waals surface area contributed by atoms with E-state index in [-0.39, 0.29) is 6.10 Å². The zero-order chi connectivity index (χ0) is 13.4. The van der Waals surface area contributed by atoms with Gasteiger partial charge in [-0.3, -0.25) is 0 Å². The monoisotopic (exact) mass is 251 g/mol. The van der Waals surface area contributed by atoms with Gasteiger partial charge in [0.1, 0.15) is 11.5 Å². The first-order valence-corrected chi connectivity index (χ1v) is 6.87. The Kier molecular flexibility index (Phi) is 6.58. The Morgan fingerprint density at radius 2 is 1.89 bits per heavy atom. The summed E-state index contributed by atoms with van der Waals surface area (Å²) in [6.07, 6.45) is 3.25. The van der Waals surface area contributed by atoms with Crippen LogP contribution in [0.1, 0.15) is 45.6 Å². The predicted octanol–water partition coefficient (Wildman–Crippen LogP) is 3.50. The SMILES string of the molecule is CCCOc1ccc(CN)c(OC(CC)CC)c1. The molecule has 0 spiro atoms. The average molecular weight is 251 g/mol. The molecule has 0 aliphatic rings. The molecule has 1 rings (SSSR count). The Morgan fingerprint density at radius 3 is 2.44 bits per heavy atom. The third-order valence-electron chi connectivity index (χ3n) is 2.94. The summed E-state index contributed by atoms with van der Waals surface area (Å²) in [5.41, 5.74) is 6.77. The summed E-state index contributed by atoms with van der Waals surface area (Å²) in [7, 11) is 0. The normalized spacial score (nSPS) is 10.7. The van der Waals surface area contributed by atoms with Gasteiger partial charge in [0.25, 0.3) is 0 Å². The minimum absolute atomic E-state index is 0.247. The van der Waals surface area contributed by atoms with Gasteiger partial charge in [0.05, 0.1) is 12.7 Å². The second kappa shape index (κ2) is 7.98. The van der Waals surface area contributed by atoms with E-state index in [1.807, 2.05) is 18.2 Å². The number of rotatable bonds is 8. The number of hydrogen-bond donors (Lipinski definition) is 1. The van der Waals surface area contributed by atoms with Crippen molar-refractivity contribution in [1.82, 2.24) is 0 Å². The fourth-order valence-corrected chi connectivity index (χ4v) is 1.76. The number of benzene rings is 1. The molecule has 0 saturated carbocycles. The van der Waals surface area contributed by atoms with Gasteiger partial charge < -0.3 is 15.2 Å². The summed E-state index contributed by atoms with van der Waals surface area (Å²) in [4.78, 5) is 0. The van der Waals surface area contributed by atoms with E-state index in [9.17, 15) is 0 Å². The van der Waals surface area contributed by atoms with Crippen LogP contribution in [-0.2, 0) is 6.54 Å². The highest BCUT2D eigenvalue weighted by molar-refractivity contribution is 5.40. The minimum atomic E-state index is 0.247. The first kappa shape index (κ1) is 14.8. The molecule has 0 aromatic heterocycles. The van der Waals surface area contributed by atoms with Crippen molar-refractivity contribution in [3.8, 4) is 11.5 Å². The van der Waals surface area contributed by atoms with Crippen molar-refractivity contribution in [2.75, 3.05) is 6.61 Å². The highest BCUT2D eigenvalue weighted by Gasteiger charge is 2.10. The van der Waals surface area contributed by atoms with Gasteiger partial charge in [-0.15, -0.1) is 0 Å². The molecule has 1 aromatic rings. The second-order valence-electron chi connectivity index (χ2n) is 4.38. The molecule has 3 nitrogen and oxygen atoms in total. The first-order chi connectivity index (χ1) is 8.74. The number of ether oxygens (including phenoxy) is 2. The smallest absolute Gasteiger partial charge is 0.127 e. The van der Waals surface area contributed by atoms with E-state index in [0.29, 0.717) is 6.54 Å². The molecular formula is C15H25NO2. The van der Waals surface area contributed by atoms with E-state index in [0.717, 1.165) is 42.9 Å². The summed E-state index contributed by atoms with van der Waals surface area (Å²) in [6.45, 7) is 7.58. The van der Waals surface area contributed by atoms with Crippen LogP contribution in [0.5, 0.6) is 11.5 Å². The Labute approximate surface area is 110 Å². The van der Waals surface area contributed by atoms with E-state index in [4.69, 9.17) is 15.2 Å². The highest BCUT2D eigenvalue weighted by atomic mass is 16.5. The van der Waals surface area contributed by atoms with Crippen LogP contribution >= 0.6 is 0 Å². The van der Waals surface area contributed by atoms with Gasteiger partial charge in [0.15, 0.2) is 0 Å². The van der Waals surface area contributed by atoms with Crippen LogP contribution < -0.4 is 15.2 Å². The number of nitrogens with two attached hydrogens (primary N) is 1. The van der Waals surface area contributed by atoms with Crippen LogP contribution in [-0.4, -0.2) is 12.7 Å². The molecule has 0 radical (unpaired) electrons. The van der Waals surface area contributed by atoms with Crippen LogP contribution in [0.3, 0.4) is 0 Å². The Bertz CT molecular complexity index is 348. The molecule has 0 amide bonds. The van der Waals surface area contributed by atoms with Crippen molar-refractivity contribution in [1.29, 1.82) is 0 Å². The van der Waals surface area contributed by atoms with E-state index in [1.54, 1.807) is 0 Å². The van der Waals surface area contributed by atoms with Crippen LogP contribution in [0.25, 0.3) is 0 Å². The quantitative estimate of drug-likeness (QED) is 0.769. The second-order valence-corrected chi connectivity index (χ2v) is 4.38. The van der Waals surface area contributed by atoms with Gasteiger partial charge in [-0.05, 0) is 25.3 Å². The van der Waals surface area contributed by atoms with Gasteiger partial charge in [-0.25, -0.2) is 0 Å². The maximum absolute atomic E-state index is 6.00. The molecule has 3 heteroatoms. The van der Waals surface area contributed by atoms with Crippen molar-refractivity contribution in [2.45, 2.75) is 52.7 Å². The lowest BCUT2D eigenvalue weighted by atomic mass is 10.1. The summed E-state index contributed by atoms with van der Waals surface area (Å²) in [5.74, 6) is 1.72. The fraction of sp³-hybridized carbons (Fsp3) is 0.600. The van der Waals surface area contributed by atoms with Crippen LogP contribution in [0.2, 0.25) is 0 Å². The van der Waals surface area contributed by atoms with E-state index >= 15 is 0 Å². The molecule has 0 atom stereocenters. The lowest BCUT2D eigenvalue weighted by Gasteiger charge is -2.19. The molecule has 0 bridgehead atoms. The molecule has 0 aliphatic carbocycles. The minimum Gasteiger partial charge on any atom is -0.493 e.